The number of morpholine rings is 1. The zero-order chi connectivity index (χ0) is 15.2. The zero-order valence-corrected chi connectivity index (χ0v) is 14.2. The van der Waals surface area contributed by atoms with Gasteiger partial charge in [0.25, 0.3) is 0 Å². The Morgan fingerprint density at radius 2 is 2.10 bits per heavy atom. The number of carbonyl (C=O) groups is 1. The molecule has 0 aromatic heterocycles. The highest BCUT2D eigenvalue weighted by Gasteiger charge is 2.17. The summed E-state index contributed by atoms with van der Waals surface area (Å²) in [7, 11) is 0. The third-order valence-electron chi connectivity index (χ3n) is 3.30. The van der Waals surface area contributed by atoms with Crippen molar-refractivity contribution >= 4 is 27.4 Å². The summed E-state index contributed by atoms with van der Waals surface area (Å²) in [5.41, 5.74) is 1.02. The van der Waals surface area contributed by atoms with Gasteiger partial charge in [0.1, 0.15) is 12.4 Å². The van der Waals surface area contributed by atoms with E-state index in [0.29, 0.717) is 12.3 Å². The number of rotatable bonds is 6. The van der Waals surface area contributed by atoms with Gasteiger partial charge in [0.15, 0.2) is 5.78 Å². The van der Waals surface area contributed by atoms with Crippen molar-refractivity contribution in [2.24, 2.45) is 5.92 Å². The lowest BCUT2D eigenvalue weighted by atomic mass is 10.1. The van der Waals surface area contributed by atoms with Crippen molar-refractivity contribution in [3.63, 3.8) is 0 Å². The van der Waals surface area contributed by atoms with Gasteiger partial charge in [-0.3, -0.25) is 4.79 Å². The lowest BCUT2D eigenvalue weighted by Crippen LogP contribution is -2.36. The zero-order valence-electron chi connectivity index (χ0n) is 12.6. The maximum absolute atomic E-state index is 11.8. The Bertz CT molecular complexity index is 484. The van der Waals surface area contributed by atoms with E-state index in [-0.39, 0.29) is 12.4 Å². The summed E-state index contributed by atoms with van der Waals surface area (Å²) in [6, 6.07) is 5.89. The summed E-state index contributed by atoms with van der Waals surface area (Å²) in [5, 5.41) is 0. The Morgan fingerprint density at radius 3 is 2.76 bits per heavy atom. The van der Waals surface area contributed by atoms with Crippen molar-refractivity contribution in [1.82, 2.24) is 0 Å². The van der Waals surface area contributed by atoms with E-state index in [0.717, 1.165) is 42.2 Å². The second kappa shape index (κ2) is 7.80. The Balaban J connectivity index is 2.06. The fourth-order valence-corrected chi connectivity index (χ4v) is 2.69. The number of ketones is 1. The monoisotopic (exact) mass is 355 g/mol. The predicted octanol–water partition coefficient (Wildman–Crippen LogP) is 3.28. The average Bonchev–Trinajstić information content (AvgIpc) is 2.46. The number of nitrogens with zero attached hydrogens (tertiary/aromatic N) is 1. The molecule has 0 saturated carbocycles. The van der Waals surface area contributed by atoms with Crippen molar-refractivity contribution in [2.45, 2.75) is 20.3 Å². The number of hydrogen-bond acceptors (Lipinski definition) is 4. The van der Waals surface area contributed by atoms with Crippen molar-refractivity contribution in [3.8, 4) is 5.75 Å². The first-order chi connectivity index (χ1) is 10.1. The molecule has 0 aliphatic carbocycles. The minimum absolute atomic E-state index is 0.136. The lowest BCUT2D eigenvalue weighted by molar-refractivity contribution is -0.121. The largest absolute Gasteiger partial charge is 0.484 e. The standard InChI is InChI=1S/C16H22BrNO3/c1-12(2)9-14(19)11-21-16-4-3-13(17)10-15(16)18-5-7-20-8-6-18/h3-4,10,12H,5-9,11H2,1-2H3. The van der Waals surface area contributed by atoms with Gasteiger partial charge >= 0.3 is 0 Å². The molecule has 1 aliphatic heterocycles. The molecule has 1 heterocycles. The van der Waals surface area contributed by atoms with Gasteiger partial charge in [-0.25, -0.2) is 0 Å². The average molecular weight is 356 g/mol. The summed E-state index contributed by atoms with van der Waals surface area (Å²) in [6.07, 6.45) is 0.559. The molecule has 1 aromatic rings. The highest BCUT2D eigenvalue weighted by Crippen LogP contribution is 2.32. The van der Waals surface area contributed by atoms with Crippen LogP contribution in [-0.4, -0.2) is 38.7 Å². The second-order valence-electron chi connectivity index (χ2n) is 5.64. The van der Waals surface area contributed by atoms with Crippen LogP contribution in [0.15, 0.2) is 22.7 Å². The molecule has 0 amide bonds. The minimum atomic E-state index is 0.136. The lowest BCUT2D eigenvalue weighted by Gasteiger charge is -2.30. The third-order valence-corrected chi connectivity index (χ3v) is 3.79. The summed E-state index contributed by atoms with van der Waals surface area (Å²) in [6.45, 7) is 7.33. The highest BCUT2D eigenvalue weighted by atomic mass is 79.9. The quantitative estimate of drug-likeness (QED) is 0.784. The number of ether oxygens (including phenoxy) is 2. The van der Waals surface area contributed by atoms with Gasteiger partial charge < -0.3 is 14.4 Å². The molecule has 116 valence electrons. The Morgan fingerprint density at radius 1 is 1.38 bits per heavy atom. The summed E-state index contributed by atoms with van der Waals surface area (Å²) in [4.78, 5) is 14.0. The van der Waals surface area contributed by atoms with Crippen molar-refractivity contribution in [1.29, 1.82) is 0 Å². The van der Waals surface area contributed by atoms with Crippen LogP contribution < -0.4 is 9.64 Å². The van der Waals surface area contributed by atoms with Crippen LogP contribution in [-0.2, 0) is 9.53 Å². The van der Waals surface area contributed by atoms with Crippen LogP contribution in [0.5, 0.6) is 5.75 Å². The van der Waals surface area contributed by atoms with E-state index < -0.39 is 0 Å². The molecule has 0 atom stereocenters. The first kappa shape index (κ1) is 16.3. The maximum Gasteiger partial charge on any atom is 0.170 e. The Kier molecular flexibility index (Phi) is 6.06. The van der Waals surface area contributed by atoms with E-state index in [2.05, 4.69) is 20.8 Å². The molecular formula is C16H22BrNO3. The number of carbonyl (C=O) groups excluding carboxylic acids is 1. The Labute approximate surface area is 134 Å². The minimum Gasteiger partial charge on any atom is -0.484 e. The summed E-state index contributed by atoms with van der Waals surface area (Å²) < 4.78 is 12.1. The predicted molar refractivity (Wildman–Crippen MR) is 87.1 cm³/mol. The fourth-order valence-electron chi connectivity index (χ4n) is 2.34. The molecule has 0 unspecified atom stereocenters. The number of halogens is 1. The van der Waals surface area contributed by atoms with Crippen LogP contribution in [0.1, 0.15) is 20.3 Å². The molecule has 4 nitrogen and oxygen atoms in total. The summed E-state index contributed by atoms with van der Waals surface area (Å²) in [5.74, 6) is 1.27. The van der Waals surface area contributed by atoms with Crippen LogP contribution in [0.25, 0.3) is 0 Å². The third kappa shape index (κ3) is 5.00. The molecule has 0 bridgehead atoms. The SMILES string of the molecule is CC(C)CC(=O)COc1ccc(Br)cc1N1CCOCC1. The molecule has 1 saturated heterocycles. The molecular weight excluding hydrogens is 334 g/mol. The highest BCUT2D eigenvalue weighted by molar-refractivity contribution is 9.10. The van der Waals surface area contributed by atoms with Crippen molar-refractivity contribution in [2.75, 3.05) is 37.8 Å². The summed E-state index contributed by atoms with van der Waals surface area (Å²) >= 11 is 3.50. The van der Waals surface area contributed by atoms with Crippen molar-refractivity contribution in [3.05, 3.63) is 22.7 Å². The molecule has 2 rings (SSSR count). The first-order valence-corrected chi connectivity index (χ1v) is 8.12. The van der Waals surface area contributed by atoms with Gasteiger partial charge in [-0.1, -0.05) is 29.8 Å². The van der Waals surface area contributed by atoms with Crippen LogP contribution in [0, 0.1) is 5.92 Å². The second-order valence-corrected chi connectivity index (χ2v) is 6.55. The topological polar surface area (TPSA) is 38.8 Å². The fraction of sp³-hybridized carbons (Fsp3) is 0.562. The van der Waals surface area contributed by atoms with Gasteiger partial charge in [-0.2, -0.15) is 0 Å². The van der Waals surface area contributed by atoms with Crippen molar-refractivity contribution < 1.29 is 14.3 Å². The molecule has 5 heteroatoms. The van der Waals surface area contributed by atoms with Crippen LogP contribution >= 0.6 is 15.9 Å². The maximum atomic E-state index is 11.8. The van der Waals surface area contributed by atoms with E-state index in [1.54, 1.807) is 0 Å². The molecule has 0 radical (unpaired) electrons. The van der Waals surface area contributed by atoms with E-state index in [9.17, 15) is 4.79 Å². The van der Waals surface area contributed by atoms with Crippen LogP contribution in [0.4, 0.5) is 5.69 Å². The molecule has 21 heavy (non-hydrogen) atoms. The molecule has 1 aliphatic rings. The molecule has 0 spiro atoms. The first-order valence-electron chi connectivity index (χ1n) is 7.33. The smallest absolute Gasteiger partial charge is 0.170 e. The Hall–Kier alpha value is -1.07. The normalized spacial score (nSPS) is 15.3. The number of hydrogen-bond donors (Lipinski definition) is 0. The number of benzene rings is 1. The number of Topliss-reactive ketones (excluding diaryl/α,β-unsaturated/α-hetero) is 1. The molecule has 1 aromatic carbocycles. The van der Waals surface area contributed by atoms with E-state index in [1.807, 2.05) is 32.0 Å². The van der Waals surface area contributed by atoms with Gasteiger partial charge in [0.05, 0.1) is 18.9 Å². The van der Waals surface area contributed by atoms with Crippen LogP contribution in [0.3, 0.4) is 0 Å². The van der Waals surface area contributed by atoms with Gasteiger partial charge in [0.2, 0.25) is 0 Å². The number of anilines is 1. The van der Waals surface area contributed by atoms with Gasteiger partial charge in [0, 0.05) is 24.0 Å². The van der Waals surface area contributed by atoms with E-state index in [1.165, 1.54) is 0 Å². The van der Waals surface area contributed by atoms with Gasteiger partial charge in [-0.05, 0) is 24.1 Å². The molecule has 1 fully saturated rings. The van der Waals surface area contributed by atoms with Crippen LogP contribution in [0.2, 0.25) is 0 Å². The van der Waals surface area contributed by atoms with Gasteiger partial charge in [-0.15, -0.1) is 0 Å². The van der Waals surface area contributed by atoms with E-state index >= 15 is 0 Å². The molecule has 0 N–H and O–H groups in total. The van der Waals surface area contributed by atoms with E-state index in [4.69, 9.17) is 9.47 Å².